The van der Waals surface area contributed by atoms with E-state index in [4.69, 9.17) is 10.7 Å². The number of halogens is 1. The molecule has 0 fully saturated rings. The van der Waals surface area contributed by atoms with E-state index in [2.05, 4.69) is 52.6 Å². The van der Waals surface area contributed by atoms with E-state index in [1.165, 1.54) is 11.1 Å². The maximum absolute atomic E-state index is 13.9. The lowest BCUT2D eigenvalue weighted by molar-refractivity contribution is 0.133. The minimum atomic E-state index is -1.16. The predicted octanol–water partition coefficient (Wildman–Crippen LogP) is 4.85. The van der Waals surface area contributed by atoms with Crippen LogP contribution in [0.1, 0.15) is 37.0 Å². The van der Waals surface area contributed by atoms with Crippen molar-refractivity contribution in [2.24, 2.45) is 5.73 Å². The molecule has 30 heavy (non-hydrogen) atoms. The van der Waals surface area contributed by atoms with E-state index in [0.29, 0.717) is 12.2 Å². The number of nitrogens with zero attached hydrogens (tertiary/aromatic N) is 3. The third-order valence-corrected chi connectivity index (χ3v) is 5.54. The Morgan fingerprint density at radius 2 is 2.00 bits per heavy atom. The molecule has 4 nitrogen and oxygen atoms in total. The number of hydrogen-bond acceptors (Lipinski definition) is 3. The first kappa shape index (κ1) is 20.4. The lowest BCUT2D eigenvalue weighted by Crippen LogP contribution is -2.38. The number of alkyl halides is 1. The molecule has 5 heteroatoms. The fraction of sp³-hybridized carbons (Fsp3) is 0.320. The van der Waals surface area contributed by atoms with Gasteiger partial charge in [0.15, 0.2) is 0 Å². The van der Waals surface area contributed by atoms with Crippen molar-refractivity contribution in [2.75, 3.05) is 19.6 Å². The maximum atomic E-state index is 13.9. The fourth-order valence-corrected chi connectivity index (χ4v) is 4.05. The Bertz CT molecular complexity index is 1090. The van der Waals surface area contributed by atoms with Gasteiger partial charge in [0.25, 0.3) is 0 Å². The van der Waals surface area contributed by atoms with Crippen LogP contribution in [-0.4, -0.2) is 39.8 Å². The SMILES string of the molecule is C=C(N)c1ccc(Cn2ccc3cc(C4=CCN(CC(C)(C)F)CC4)cnc32)cc1. The molecule has 0 unspecified atom stereocenters. The summed E-state index contributed by atoms with van der Waals surface area (Å²) >= 11 is 0. The van der Waals surface area contributed by atoms with Crippen molar-refractivity contribution in [2.45, 2.75) is 32.5 Å². The van der Waals surface area contributed by atoms with Crippen LogP contribution in [0, 0.1) is 0 Å². The maximum Gasteiger partial charge on any atom is 0.140 e. The summed E-state index contributed by atoms with van der Waals surface area (Å²) in [5, 5.41) is 1.13. The average Bonchev–Trinajstić information content (AvgIpc) is 3.10. The molecule has 0 aliphatic carbocycles. The number of hydrogen-bond donors (Lipinski definition) is 1. The molecule has 2 N–H and O–H groups in total. The van der Waals surface area contributed by atoms with Crippen molar-refractivity contribution < 1.29 is 4.39 Å². The lowest BCUT2D eigenvalue weighted by atomic mass is 9.99. The first-order valence-electron chi connectivity index (χ1n) is 10.4. The standard InChI is InChI=1S/C25H29FN4/c1-18(27)20-6-4-19(5-7-20)16-30-13-10-22-14-23(15-28-24(22)30)21-8-11-29(12-9-21)17-25(2,3)26/h4-8,10,13-15H,1,9,11-12,16-17,27H2,2-3H3. The summed E-state index contributed by atoms with van der Waals surface area (Å²) in [4.78, 5) is 6.91. The first-order valence-corrected chi connectivity index (χ1v) is 10.4. The highest BCUT2D eigenvalue weighted by atomic mass is 19.1. The van der Waals surface area contributed by atoms with E-state index in [0.717, 1.165) is 48.2 Å². The number of aromatic nitrogens is 2. The van der Waals surface area contributed by atoms with E-state index in [1.54, 1.807) is 13.8 Å². The normalized spacial score (nSPS) is 15.4. The highest BCUT2D eigenvalue weighted by Gasteiger charge is 2.22. The van der Waals surface area contributed by atoms with Gasteiger partial charge in [-0.2, -0.15) is 0 Å². The van der Waals surface area contributed by atoms with Crippen molar-refractivity contribution in [1.29, 1.82) is 0 Å². The van der Waals surface area contributed by atoms with Gasteiger partial charge in [-0.3, -0.25) is 4.90 Å². The monoisotopic (exact) mass is 404 g/mol. The zero-order chi connectivity index (χ0) is 21.3. The minimum absolute atomic E-state index is 0.470. The van der Waals surface area contributed by atoms with Gasteiger partial charge in [0, 0.05) is 49.7 Å². The van der Waals surface area contributed by atoms with Crippen LogP contribution < -0.4 is 5.73 Å². The van der Waals surface area contributed by atoms with Gasteiger partial charge in [-0.05, 0) is 54.7 Å². The van der Waals surface area contributed by atoms with Crippen LogP contribution in [0.5, 0.6) is 0 Å². The molecule has 156 valence electrons. The Balaban J connectivity index is 1.49. The van der Waals surface area contributed by atoms with E-state index in [1.807, 2.05) is 18.3 Å². The van der Waals surface area contributed by atoms with Crippen LogP contribution in [0.25, 0.3) is 22.3 Å². The van der Waals surface area contributed by atoms with E-state index in [9.17, 15) is 4.39 Å². The zero-order valence-electron chi connectivity index (χ0n) is 17.7. The summed E-state index contributed by atoms with van der Waals surface area (Å²) in [6.45, 7) is 9.94. The second-order valence-electron chi connectivity index (χ2n) is 8.74. The van der Waals surface area contributed by atoms with E-state index in [-0.39, 0.29) is 0 Å². The highest BCUT2D eigenvalue weighted by molar-refractivity contribution is 5.81. The topological polar surface area (TPSA) is 47.1 Å². The molecule has 1 aliphatic rings. The Labute approximate surface area is 177 Å². The van der Waals surface area contributed by atoms with Crippen LogP contribution in [0.15, 0.2) is 61.4 Å². The fourth-order valence-electron chi connectivity index (χ4n) is 4.05. The largest absolute Gasteiger partial charge is 0.399 e. The lowest BCUT2D eigenvalue weighted by Gasteiger charge is -2.30. The molecule has 0 amide bonds. The first-order chi connectivity index (χ1) is 14.3. The molecule has 0 radical (unpaired) electrons. The number of rotatable bonds is 6. The van der Waals surface area contributed by atoms with Gasteiger partial charge in [0.05, 0.1) is 0 Å². The number of fused-ring (bicyclic) bond motifs is 1. The summed E-state index contributed by atoms with van der Waals surface area (Å²) in [5.41, 5.74) is 10.7. The summed E-state index contributed by atoms with van der Waals surface area (Å²) in [5.74, 6) is 0. The molecule has 4 rings (SSSR count). The third-order valence-electron chi connectivity index (χ3n) is 5.54. The Morgan fingerprint density at radius 1 is 1.23 bits per heavy atom. The minimum Gasteiger partial charge on any atom is -0.399 e. The zero-order valence-corrected chi connectivity index (χ0v) is 17.7. The summed E-state index contributed by atoms with van der Waals surface area (Å²) < 4.78 is 16.1. The molecule has 1 aromatic carbocycles. The molecule has 0 saturated carbocycles. The van der Waals surface area contributed by atoms with Crippen molar-refractivity contribution in [3.8, 4) is 0 Å². The van der Waals surface area contributed by atoms with Gasteiger partial charge < -0.3 is 10.3 Å². The quantitative estimate of drug-likeness (QED) is 0.639. The van der Waals surface area contributed by atoms with Gasteiger partial charge >= 0.3 is 0 Å². The van der Waals surface area contributed by atoms with Crippen LogP contribution in [0.2, 0.25) is 0 Å². The van der Waals surface area contributed by atoms with Gasteiger partial charge in [-0.25, -0.2) is 9.37 Å². The molecule has 0 atom stereocenters. The molecule has 1 aliphatic heterocycles. The van der Waals surface area contributed by atoms with Gasteiger partial charge in [-0.15, -0.1) is 0 Å². The summed E-state index contributed by atoms with van der Waals surface area (Å²) in [6, 6.07) is 12.5. The smallest absolute Gasteiger partial charge is 0.140 e. The van der Waals surface area contributed by atoms with E-state index < -0.39 is 5.67 Å². The molecule has 0 saturated heterocycles. The van der Waals surface area contributed by atoms with Crippen molar-refractivity contribution in [1.82, 2.24) is 14.5 Å². The summed E-state index contributed by atoms with van der Waals surface area (Å²) in [6.07, 6.45) is 7.17. The molecule has 3 aromatic rings. The third kappa shape index (κ3) is 4.62. The number of benzene rings is 1. The second kappa shape index (κ2) is 8.07. The predicted molar refractivity (Wildman–Crippen MR) is 123 cm³/mol. The van der Waals surface area contributed by atoms with Crippen LogP contribution in [-0.2, 0) is 6.54 Å². The molecule has 3 heterocycles. The second-order valence-corrected chi connectivity index (χ2v) is 8.74. The van der Waals surface area contributed by atoms with E-state index >= 15 is 0 Å². The molecule has 0 spiro atoms. The Hall–Kier alpha value is -2.92. The van der Waals surface area contributed by atoms with Gasteiger partial charge in [-0.1, -0.05) is 36.9 Å². The van der Waals surface area contributed by atoms with Crippen LogP contribution in [0.4, 0.5) is 4.39 Å². The van der Waals surface area contributed by atoms with Crippen LogP contribution in [0.3, 0.4) is 0 Å². The Morgan fingerprint density at radius 3 is 2.63 bits per heavy atom. The summed E-state index contributed by atoms with van der Waals surface area (Å²) in [7, 11) is 0. The number of pyridine rings is 1. The molecular weight excluding hydrogens is 375 g/mol. The van der Waals surface area contributed by atoms with Crippen molar-refractivity contribution >= 4 is 22.3 Å². The van der Waals surface area contributed by atoms with Gasteiger partial charge in [0.2, 0.25) is 0 Å². The van der Waals surface area contributed by atoms with Crippen LogP contribution >= 0.6 is 0 Å². The van der Waals surface area contributed by atoms with Crippen molar-refractivity contribution in [3.05, 3.63) is 78.1 Å². The molecular formula is C25H29FN4. The molecule has 0 bridgehead atoms. The number of nitrogens with two attached hydrogens (primary N) is 1. The van der Waals surface area contributed by atoms with Crippen molar-refractivity contribution in [3.63, 3.8) is 0 Å². The average molecular weight is 405 g/mol. The highest BCUT2D eigenvalue weighted by Crippen LogP contribution is 2.26. The van der Waals surface area contributed by atoms with Gasteiger partial charge in [0.1, 0.15) is 11.3 Å². The Kier molecular flexibility index (Phi) is 5.48. The molecule has 2 aromatic heterocycles.